The quantitative estimate of drug-likeness (QED) is 0.871. The topological polar surface area (TPSA) is 46.2 Å². The van der Waals surface area contributed by atoms with E-state index in [0.717, 1.165) is 11.3 Å². The molecule has 2 aromatic rings. The van der Waals surface area contributed by atoms with Crippen molar-refractivity contribution in [3.63, 3.8) is 0 Å². The first-order valence-electron chi connectivity index (χ1n) is 5.34. The zero-order chi connectivity index (χ0) is 14.0. The van der Waals surface area contributed by atoms with E-state index >= 15 is 0 Å². The molecule has 0 saturated carbocycles. The van der Waals surface area contributed by atoms with Gasteiger partial charge in [0, 0.05) is 5.02 Å². The summed E-state index contributed by atoms with van der Waals surface area (Å²) in [4.78, 5) is 23.9. The summed E-state index contributed by atoms with van der Waals surface area (Å²) >= 11 is 6.79. The van der Waals surface area contributed by atoms with Crippen molar-refractivity contribution in [2.45, 2.75) is 6.92 Å². The van der Waals surface area contributed by atoms with Gasteiger partial charge in [-0.25, -0.2) is 4.39 Å². The predicted molar refractivity (Wildman–Crippen MR) is 73.7 cm³/mol. The molecule has 98 valence electrons. The molecule has 6 heteroatoms. The van der Waals surface area contributed by atoms with Gasteiger partial charge in [0.1, 0.15) is 5.82 Å². The van der Waals surface area contributed by atoms with E-state index in [4.69, 9.17) is 11.6 Å². The zero-order valence-electron chi connectivity index (χ0n) is 9.87. The lowest BCUT2D eigenvalue weighted by Gasteiger charge is -2.05. The molecule has 0 unspecified atom stereocenters. The summed E-state index contributed by atoms with van der Waals surface area (Å²) in [6, 6.07) is 6.99. The number of amides is 1. The highest BCUT2D eigenvalue weighted by Crippen LogP contribution is 2.22. The second-order valence-electron chi connectivity index (χ2n) is 3.80. The third-order valence-electron chi connectivity index (χ3n) is 2.35. The lowest BCUT2D eigenvalue weighted by Crippen LogP contribution is -2.11. The van der Waals surface area contributed by atoms with Crippen LogP contribution in [0.1, 0.15) is 26.3 Å². The molecule has 19 heavy (non-hydrogen) atoms. The van der Waals surface area contributed by atoms with Crippen molar-refractivity contribution < 1.29 is 14.0 Å². The Kier molecular flexibility index (Phi) is 3.97. The Labute approximate surface area is 118 Å². The second-order valence-corrected chi connectivity index (χ2v) is 5.32. The number of anilines is 1. The summed E-state index contributed by atoms with van der Waals surface area (Å²) in [5.74, 6) is -1.15. The molecular weight excluding hydrogens is 289 g/mol. The lowest BCUT2D eigenvalue weighted by molar-refractivity contribution is 0.101. The van der Waals surface area contributed by atoms with Crippen molar-refractivity contribution in [2.24, 2.45) is 0 Å². The lowest BCUT2D eigenvalue weighted by atomic mass is 10.3. The number of rotatable bonds is 3. The summed E-state index contributed by atoms with van der Waals surface area (Å²) < 4.78 is 13.5. The van der Waals surface area contributed by atoms with Crippen molar-refractivity contribution in [1.82, 2.24) is 0 Å². The van der Waals surface area contributed by atoms with Gasteiger partial charge in [-0.2, -0.15) is 0 Å². The van der Waals surface area contributed by atoms with Crippen molar-refractivity contribution >= 4 is 40.3 Å². The number of carbonyl (C=O) groups excluding carboxylic acids is 2. The van der Waals surface area contributed by atoms with Gasteiger partial charge in [0.2, 0.25) is 0 Å². The maximum atomic E-state index is 13.5. The third kappa shape index (κ3) is 3.19. The second kappa shape index (κ2) is 5.50. The molecular formula is C13H9ClFNO2S. The number of hydrogen-bond acceptors (Lipinski definition) is 3. The molecule has 1 aromatic heterocycles. The van der Waals surface area contributed by atoms with E-state index in [1.54, 1.807) is 6.07 Å². The fourth-order valence-electron chi connectivity index (χ4n) is 1.43. The van der Waals surface area contributed by atoms with Gasteiger partial charge in [0.05, 0.1) is 15.4 Å². The van der Waals surface area contributed by atoms with Gasteiger partial charge < -0.3 is 5.32 Å². The Morgan fingerprint density at radius 1 is 1.21 bits per heavy atom. The average Bonchev–Trinajstić information content (AvgIpc) is 2.83. The highest BCUT2D eigenvalue weighted by molar-refractivity contribution is 7.16. The van der Waals surface area contributed by atoms with Crippen LogP contribution in [0.15, 0.2) is 30.3 Å². The van der Waals surface area contributed by atoms with E-state index < -0.39 is 11.7 Å². The smallest absolute Gasteiger partial charge is 0.265 e. The van der Waals surface area contributed by atoms with Crippen LogP contribution in [-0.2, 0) is 0 Å². The normalized spacial score (nSPS) is 10.3. The van der Waals surface area contributed by atoms with Crippen LogP contribution < -0.4 is 5.32 Å². The fourth-order valence-corrected chi connectivity index (χ4v) is 2.39. The van der Waals surface area contributed by atoms with Crippen LogP contribution >= 0.6 is 22.9 Å². The maximum absolute atomic E-state index is 13.5. The van der Waals surface area contributed by atoms with Crippen LogP contribution in [0.3, 0.4) is 0 Å². The highest BCUT2D eigenvalue weighted by Gasteiger charge is 2.13. The maximum Gasteiger partial charge on any atom is 0.265 e. The zero-order valence-corrected chi connectivity index (χ0v) is 11.4. The molecule has 0 atom stereocenters. The molecule has 0 bridgehead atoms. The first kappa shape index (κ1) is 13.7. The molecule has 0 radical (unpaired) electrons. The van der Waals surface area contributed by atoms with Gasteiger partial charge in [-0.15, -0.1) is 11.3 Å². The van der Waals surface area contributed by atoms with E-state index in [0.29, 0.717) is 14.8 Å². The van der Waals surface area contributed by atoms with Gasteiger partial charge >= 0.3 is 0 Å². The van der Waals surface area contributed by atoms with Gasteiger partial charge in [-0.3, -0.25) is 9.59 Å². The van der Waals surface area contributed by atoms with E-state index in [1.165, 1.54) is 31.2 Å². The van der Waals surface area contributed by atoms with E-state index in [9.17, 15) is 14.0 Å². The van der Waals surface area contributed by atoms with Crippen LogP contribution in [0.25, 0.3) is 0 Å². The molecule has 0 fully saturated rings. The predicted octanol–water partition coefficient (Wildman–Crippen LogP) is 4.00. The minimum atomic E-state index is -0.568. The molecule has 0 aliphatic heterocycles. The monoisotopic (exact) mass is 297 g/mol. The van der Waals surface area contributed by atoms with Crippen LogP contribution in [-0.4, -0.2) is 11.7 Å². The fraction of sp³-hybridized carbons (Fsp3) is 0.0769. The number of halogens is 2. The summed E-state index contributed by atoms with van der Waals surface area (Å²) in [6.45, 7) is 1.42. The highest BCUT2D eigenvalue weighted by atomic mass is 35.5. The number of carbonyl (C=O) groups is 2. The molecule has 1 amide bonds. The Morgan fingerprint density at radius 2 is 1.89 bits per heavy atom. The van der Waals surface area contributed by atoms with Gasteiger partial charge in [-0.1, -0.05) is 11.6 Å². The first-order chi connectivity index (χ1) is 8.97. The van der Waals surface area contributed by atoms with Crippen molar-refractivity contribution in [3.05, 3.63) is 50.9 Å². The number of ketones is 1. The molecule has 2 rings (SSSR count). The van der Waals surface area contributed by atoms with E-state index in [2.05, 4.69) is 5.32 Å². The molecule has 0 aliphatic rings. The standard InChI is InChI=1S/C13H9ClFNO2S/c1-7(17)11-4-5-12(19-11)13(18)16-10-6-8(14)2-3-9(10)15/h2-6H,1H3,(H,16,18). The number of nitrogens with one attached hydrogen (secondary N) is 1. The largest absolute Gasteiger partial charge is 0.319 e. The average molecular weight is 298 g/mol. The van der Waals surface area contributed by atoms with E-state index in [-0.39, 0.29) is 11.5 Å². The summed E-state index contributed by atoms with van der Waals surface area (Å²) in [5, 5.41) is 2.75. The molecule has 0 saturated heterocycles. The Balaban J connectivity index is 2.20. The Hall–Kier alpha value is -1.72. The summed E-state index contributed by atoms with van der Waals surface area (Å²) in [6.07, 6.45) is 0. The number of hydrogen-bond donors (Lipinski definition) is 1. The minimum absolute atomic E-state index is 0.00951. The number of thiophene rings is 1. The molecule has 1 aromatic carbocycles. The van der Waals surface area contributed by atoms with Gasteiger partial charge in [-0.05, 0) is 37.3 Å². The molecule has 0 aliphatic carbocycles. The Morgan fingerprint density at radius 3 is 2.53 bits per heavy atom. The van der Waals surface area contributed by atoms with Crippen molar-refractivity contribution in [1.29, 1.82) is 0 Å². The van der Waals surface area contributed by atoms with Gasteiger partial charge in [0.25, 0.3) is 5.91 Å². The number of Topliss-reactive ketones (excluding diaryl/α,β-unsaturated/α-hetero) is 1. The van der Waals surface area contributed by atoms with Gasteiger partial charge in [0.15, 0.2) is 5.78 Å². The first-order valence-corrected chi connectivity index (χ1v) is 6.54. The van der Waals surface area contributed by atoms with Crippen LogP contribution in [0.4, 0.5) is 10.1 Å². The van der Waals surface area contributed by atoms with Crippen LogP contribution in [0.5, 0.6) is 0 Å². The van der Waals surface area contributed by atoms with Crippen LogP contribution in [0, 0.1) is 5.82 Å². The number of benzene rings is 1. The summed E-state index contributed by atoms with van der Waals surface area (Å²) in [5.41, 5.74) is 0.00951. The van der Waals surface area contributed by atoms with Crippen LogP contribution in [0.2, 0.25) is 5.02 Å². The Bertz CT molecular complexity index is 654. The molecule has 1 N–H and O–H groups in total. The SMILES string of the molecule is CC(=O)c1ccc(C(=O)Nc2cc(Cl)ccc2F)s1. The van der Waals surface area contributed by atoms with Crippen molar-refractivity contribution in [2.75, 3.05) is 5.32 Å². The third-order valence-corrected chi connectivity index (χ3v) is 3.77. The molecule has 1 heterocycles. The minimum Gasteiger partial charge on any atom is -0.319 e. The summed E-state index contributed by atoms with van der Waals surface area (Å²) in [7, 11) is 0. The molecule has 3 nitrogen and oxygen atoms in total. The molecule has 0 spiro atoms. The van der Waals surface area contributed by atoms with E-state index in [1.807, 2.05) is 0 Å². The van der Waals surface area contributed by atoms with Crippen molar-refractivity contribution in [3.8, 4) is 0 Å².